The zero-order chi connectivity index (χ0) is 21.1. The first-order valence-electron chi connectivity index (χ1n) is 9.52. The molecule has 0 bridgehead atoms. The molecule has 30 heavy (non-hydrogen) atoms. The molecule has 1 aliphatic heterocycles. The first-order chi connectivity index (χ1) is 14.6. The van der Waals surface area contributed by atoms with Gasteiger partial charge in [-0.15, -0.1) is 0 Å². The molecule has 4 rings (SSSR count). The monoisotopic (exact) mass is 405 g/mol. The number of nitrogens with zero attached hydrogens (tertiary/aromatic N) is 1. The molecule has 3 aromatic carbocycles. The third-order valence-corrected chi connectivity index (χ3v) is 5.09. The lowest BCUT2D eigenvalue weighted by Gasteiger charge is -2.47. The van der Waals surface area contributed by atoms with Gasteiger partial charge in [-0.3, -0.25) is 4.79 Å². The van der Waals surface area contributed by atoms with Gasteiger partial charge in [-0.1, -0.05) is 42.5 Å². The number of carbonyl (C=O) groups is 2. The Balaban J connectivity index is 1.61. The number of β-lactam (4-membered cyclic amide) rings is 1. The zero-order valence-electron chi connectivity index (χ0n) is 16.3. The van der Waals surface area contributed by atoms with Crippen molar-refractivity contribution in [3.8, 4) is 5.75 Å². The SMILES string of the molecule is COC(=O)c1ccc([C@@H]2[C@H](Oc3ccccc3)C(=O)N2Cc2ccc(F)cc2)cc1. The largest absolute Gasteiger partial charge is 0.478 e. The third kappa shape index (κ3) is 3.89. The summed E-state index contributed by atoms with van der Waals surface area (Å²) in [5.74, 6) is -0.293. The summed E-state index contributed by atoms with van der Waals surface area (Å²) in [6.45, 7) is 0.331. The standard InChI is InChI=1S/C24H20FNO4/c1-29-24(28)18-11-9-17(10-12-18)21-22(30-20-5-3-2-4-6-20)23(27)26(21)15-16-7-13-19(25)14-8-16/h2-14,21-22H,15H2,1H3/t21-,22+/m1/s1. The summed E-state index contributed by atoms with van der Waals surface area (Å²) in [6, 6.07) is 21.8. The number of rotatable bonds is 6. The number of ether oxygens (including phenoxy) is 2. The van der Waals surface area contributed by atoms with E-state index >= 15 is 0 Å². The lowest BCUT2D eigenvalue weighted by molar-refractivity contribution is -0.165. The predicted molar refractivity (Wildman–Crippen MR) is 108 cm³/mol. The topological polar surface area (TPSA) is 55.8 Å². The van der Waals surface area contributed by atoms with Gasteiger partial charge in [-0.05, 0) is 47.5 Å². The fourth-order valence-electron chi connectivity index (χ4n) is 3.53. The number of halogens is 1. The van der Waals surface area contributed by atoms with Gasteiger partial charge in [0.1, 0.15) is 17.6 Å². The van der Waals surface area contributed by atoms with E-state index in [-0.39, 0.29) is 17.8 Å². The van der Waals surface area contributed by atoms with E-state index in [0.29, 0.717) is 17.9 Å². The van der Waals surface area contributed by atoms with Crippen molar-refractivity contribution in [1.82, 2.24) is 4.90 Å². The van der Waals surface area contributed by atoms with E-state index in [1.165, 1.54) is 19.2 Å². The third-order valence-electron chi connectivity index (χ3n) is 5.09. The maximum absolute atomic E-state index is 13.2. The van der Waals surface area contributed by atoms with Crippen molar-refractivity contribution in [2.24, 2.45) is 0 Å². The maximum Gasteiger partial charge on any atom is 0.337 e. The van der Waals surface area contributed by atoms with Crippen molar-refractivity contribution in [3.05, 3.63) is 101 Å². The molecule has 0 saturated carbocycles. The molecular formula is C24H20FNO4. The summed E-state index contributed by atoms with van der Waals surface area (Å²) in [5.41, 5.74) is 2.09. The van der Waals surface area contributed by atoms with Crippen LogP contribution in [0.3, 0.4) is 0 Å². The Morgan fingerprint density at radius 1 is 0.967 bits per heavy atom. The van der Waals surface area contributed by atoms with Crippen LogP contribution in [0.5, 0.6) is 5.75 Å². The molecule has 1 aliphatic rings. The number of benzene rings is 3. The van der Waals surface area contributed by atoms with Crippen molar-refractivity contribution in [3.63, 3.8) is 0 Å². The van der Waals surface area contributed by atoms with Gasteiger partial charge in [0.2, 0.25) is 6.10 Å². The quantitative estimate of drug-likeness (QED) is 0.457. The minimum atomic E-state index is -0.683. The Labute approximate surface area is 173 Å². The molecule has 2 atom stereocenters. The number of amides is 1. The molecule has 1 fully saturated rings. The van der Waals surface area contributed by atoms with Gasteiger partial charge in [0.25, 0.3) is 5.91 Å². The maximum atomic E-state index is 13.2. The van der Waals surface area contributed by atoms with Crippen molar-refractivity contribution >= 4 is 11.9 Å². The van der Waals surface area contributed by atoms with E-state index < -0.39 is 12.1 Å². The number of likely N-dealkylation sites (tertiary alicyclic amines) is 1. The smallest absolute Gasteiger partial charge is 0.337 e. The summed E-state index contributed by atoms with van der Waals surface area (Å²) in [6.07, 6.45) is -0.683. The van der Waals surface area contributed by atoms with Crippen LogP contribution in [0.1, 0.15) is 27.5 Å². The highest BCUT2D eigenvalue weighted by atomic mass is 19.1. The van der Waals surface area contributed by atoms with E-state index in [1.807, 2.05) is 18.2 Å². The van der Waals surface area contributed by atoms with Crippen LogP contribution in [0.4, 0.5) is 4.39 Å². The molecule has 1 heterocycles. The van der Waals surface area contributed by atoms with Crippen LogP contribution in [-0.2, 0) is 16.1 Å². The van der Waals surface area contributed by atoms with Crippen molar-refractivity contribution in [2.75, 3.05) is 7.11 Å². The number of para-hydroxylation sites is 1. The van der Waals surface area contributed by atoms with Crippen LogP contribution in [0.15, 0.2) is 78.9 Å². The lowest BCUT2D eigenvalue weighted by Crippen LogP contribution is -2.60. The number of carbonyl (C=O) groups excluding carboxylic acids is 2. The van der Waals surface area contributed by atoms with Crippen molar-refractivity contribution in [2.45, 2.75) is 18.7 Å². The second-order valence-electron chi connectivity index (χ2n) is 7.00. The van der Waals surface area contributed by atoms with E-state index in [9.17, 15) is 14.0 Å². The highest BCUT2D eigenvalue weighted by molar-refractivity contribution is 5.90. The molecule has 0 N–H and O–H groups in total. The van der Waals surface area contributed by atoms with Crippen LogP contribution in [0.25, 0.3) is 0 Å². The molecule has 5 nitrogen and oxygen atoms in total. The Bertz CT molecular complexity index is 1040. The summed E-state index contributed by atoms with van der Waals surface area (Å²) in [4.78, 5) is 26.3. The van der Waals surface area contributed by atoms with Crippen LogP contribution < -0.4 is 4.74 Å². The number of methoxy groups -OCH3 is 1. The number of hydrogen-bond acceptors (Lipinski definition) is 4. The Hall–Kier alpha value is -3.67. The summed E-state index contributed by atoms with van der Waals surface area (Å²) in [5, 5.41) is 0. The highest BCUT2D eigenvalue weighted by Gasteiger charge is 2.50. The van der Waals surface area contributed by atoms with E-state index in [4.69, 9.17) is 9.47 Å². The fourth-order valence-corrected chi connectivity index (χ4v) is 3.53. The molecule has 6 heteroatoms. The molecule has 0 unspecified atom stereocenters. The van der Waals surface area contributed by atoms with E-state index in [2.05, 4.69) is 0 Å². The average Bonchev–Trinajstić information content (AvgIpc) is 2.79. The van der Waals surface area contributed by atoms with Crippen molar-refractivity contribution in [1.29, 1.82) is 0 Å². The van der Waals surface area contributed by atoms with Gasteiger partial charge < -0.3 is 14.4 Å². The van der Waals surface area contributed by atoms with Crippen LogP contribution >= 0.6 is 0 Å². The second kappa shape index (κ2) is 8.37. The van der Waals surface area contributed by atoms with Gasteiger partial charge in [0.05, 0.1) is 12.7 Å². The van der Waals surface area contributed by atoms with E-state index in [1.54, 1.807) is 53.4 Å². The zero-order valence-corrected chi connectivity index (χ0v) is 16.3. The number of hydrogen-bond donors (Lipinski definition) is 0. The molecule has 0 aliphatic carbocycles. The highest BCUT2D eigenvalue weighted by Crippen LogP contribution is 2.39. The minimum Gasteiger partial charge on any atom is -0.478 e. The normalized spacial score (nSPS) is 17.9. The Morgan fingerprint density at radius 3 is 2.27 bits per heavy atom. The average molecular weight is 405 g/mol. The molecule has 3 aromatic rings. The van der Waals surface area contributed by atoms with Gasteiger partial charge in [-0.2, -0.15) is 0 Å². The lowest BCUT2D eigenvalue weighted by atomic mass is 9.89. The van der Waals surface area contributed by atoms with Gasteiger partial charge in [0, 0.05) is 6.54 Å². The van der Waals surface area contributed by atoms with Crippen LogP contribution in [0, 0.1) is 5.82 Å². The molecule has 0 aromatic heterocycles. The molecule has 152 valence electrons. The number of esters is 1. The Kier molecular flexibility index (Phi) is 5.48. The Morgan fingerprint density at radius 2 is 1.63 bits per heavy atom. The minimum absolute atomic E-state index is 0.148. The molecule has 0 spiro atoms. The van der Waals surface area contributed by atoms with Crippen LogP contribution in [0.2, 0.25) is 0 Å². The van der Waals surface area contributed by atoms with Gasteiger partial charge >= 0.3 is 5.97 Å². The molecule has 1 saturated heterocycles. The van der Waals surface area contributed by atoms with Gasteiger partial charge in [0.15, 0.2) is 0 Å². The van der Waals surface area contributed by atoms with Gasteiger partial charge in [-0.25, -0.2) is 9.18 Å². The molecule has 0 radical (unpaired) electrons. The summed E-state index contributed by atoms with van der Waals surface area (Å²) < 4.78 is 24.0. The predicted octanol–water partition coefficient (Wildman–Crippen LogP) is 4.14. The second-order valence-corrected chi connectivity index (χ2v) is 7.00. The summed E-state index contributed by atoms with van der Waals surface area (Å²) >= 11 is 0. The molecular weight excluding hydrogens is 385 g/mol. The first kappa shape index (κ1) is 19.6. The van der Waals surface area contributed by atoms with Crippen LogP contribution in [-0.4, -0.2) is 30.0 Å². The first-order valence-corrected chi connectivity index (χ1v) is 9.52. The molecule has 1 amide bonds. The summed E-state index contributed by atoms with van der Waals surface area (Å²) in [7, 11) is 1.33. The van der Waals surface area contributed by atoms with Crippen molar-refractivity contribution < 1.29 is 23.5 Å². The van der Waals surface area contributed by atoms with E-state index in [0.717, 1.165) is 11.1 Å². The fraction of sp³-hybridized carbons (Fsp3) is 0.167.